The molecule has 16 heavy (non-hydrogen) atoms. The summed E-state index contributed by atoms with van der Waals surface area (Å²) in [4.78, 5) is 32.0. The summed E-state index contributed by atoms with van der Waals surface area (Å²) < 4.78 is 4.37. The Bertz CT molecular complexity index is 268. The lowest BCUT2D eigenvalue weighted by atomic mass is 10.4. The number of carboxylic acid groups (broad SMARTS) is 1. The van der Waals surface area contributed by atoms with E-state index in [0.717, 1.165) is 5.01 Å². The number of carbonyl (C=O) groups is 3. The summed E-state index contributed by atoms with van der Waals surface area (Å²) in [7, 11) is 2.66. The zero-order valence-corrected chi connectivity index (χ0v) is 9.15. The van der Waals surface area contributed by atoms with Crippen LogP contribution in [0.15, 0.2) is 0 Å². The van der Waals surface area contributed by atoms with Gasteiger partial charge in [-0.1, -0.05) is 0 Å². The third kappa shape index (κ3) is 7.56. The maximum absolute atomic E-state index is 11.1. The van der Waals surface area contributed by atoms with Gasteiger partial charge in [0.2, 0.25) is 0 Å². The number of hydrogen-bond donors (Lipinski definition) is 3. The van der Waals surface area contributed by atoms with E-state index in [2.05, 4.69) is 15.5 Å². The van der Waals surface area contributed by atoms with Crippen molar-refractivity contribution in [3.05, 3.63) is 0 Å². The molecule has 0 radical (unpaired) electrons. The van der Waals surface area contributed by atoms with E-state index in [4.69, 9.17) is 5.11 Å². The second-order valence-electron chi connectivity index (χ2n) is 2.94. The number of hydrogen-bond acceptors (Lipinski definition) is 5. The van der Waals surface area contributed by atoms with Gasteiger partial charge in [0.1, 0.15) is 6.54 Å². The van der Waals surface area contributed by atoms with Gasteiger partial charge in [-0.15, -0.1) is 0 Å². The normalized spacial score (nSPS) is 9.69. The molecule has 0 aliphatic carbocycles. The van der Waals surface area contributed by atoms with Gasteiger partial charge in [-0.25, -0.2) is 9.80 Å². The van der Waals surface area contributed by atoms with Gasteiger partial charge in [0, 0.05) is 13.6 Å². The standard InChI is InChI=1S/C8H15N3O5/c1-11(5-6(12)13)10-8(15)9-4-3-7(14)16-2/h3-5H2,1-2H3,(H,12,13)(H2,9,10,15). The van der Waals surface area contributed by atoms with Crippen LogP contribution in [0, 0.1) is 0 Å². The molecule has 0 aliphatic heterocycles. The molecule has 0 atom stereocenters. The molecule has 0 aliphatic rings. The highest BCUT2D eigenvalue weighted by Gasteiger charge is 2.08. The van der Waals surface area contributed by atoms with Crippen LogP contribution in [-0.4, -0.2) is 55.3 Å². The van der Waals surface area contributed by atoms with Crippen molar-refractivity contribution in [2.24, 2.45) is 0 Å². The first-order valence-corrected chi connectivity index (χ1v) is 4.50. The Kier molecular flexibility index (Phi) is 6.61. The molecule has 2 amide bonds. The van der Waals surface area contributed by atoms with Gasteiger partial charge in [-0.2, -0.15) is 0 Å². The van der Waals surface area contributed by atoms with E-state index in [0.29, 0.717) is 0 Å². The summed E-state index contributed by atoms with van der Waals surface area (Å²) in [6.07, 6.45) is 0.0621. The van der Waals surface area contributed by atoms with E-state index in [1.165, 1.54) is 14.2 Å². The number of carbonyl (C=O) groups excluding carboxylic acids is 2. The van der Waals surface area contributed by atoms with E-state index in [-0.39, 0.29) is 19.5 Å². The topological polar surface area (TPSA) is 108 Å². The van der Waals surface area contributed by atoms with Gasteiger partial charge in [-0.3, -0.25) is 15.0 Å². The van der Waals surface area contributed by atoms with E-state index in [9.17, 15) is 14.4 Å². The van der Waals surface area contributed by atoms with Crippen LogP contribution in [0.2, 0.25) is 0 Å². The number of amides is 2. The maximum Gasteiger partial charge on any atom is 0.329 e. The number of nitrogens with zero attached hydrogens (tertiary/aromatic N) is 1. The SMILES string of the molecule is COC(=O)CCNC(=O)NN(C)CC(=O)O. The second kappa shape index (κ2) is 7.46. The van der Waals surface area contributed by atoms with Gasteiger partial charge in [-0.05, 0) is 0 Å². The van der Waals surface area contributed by atoms with Crippen LogP contribution in [0.25, 0.3) is 0 Å². The van der Waals surface area contributed by atoms with Crippen molar-refractivity contribution in [1.29, 1.82) is 0 Å². The third-order valence-corrected chi connectivity index (χ3v) is 1.51. The molecule has 92 valence electrons. The molecule has 0 rings (SSSR count). The van der Waals surface area contributed by atoms with Gasteiger partial charge >= 0.3 is 18.0 Å². The lowest BCUT2D eigenvalue weighted by Gasteiger charge is -2.15. The minimum atomic E-state index is -1.06. The minimum absolute atomic E-state index is 0.0621. The summed E-state index contributed by atoms with van der Waals surface area (Å²) in [5, 5.41) is 11.9. The lowest BCUT2D eigenvalue weighted by Crippen LogP contribution is -2.47. The average Bonchev–Trinajstić information content (AvgIpc) is 2.15. The number of ether oxygens (including phenoxy) is 1. The molecule has 8 heteroatoms. The quantitative estimate of drug-likeness (QED) is 0.392. The number of hydrazine groups is 1. The number of nitrogens with one attached hydrogen (secondary N) is 2. The Labute approximate surface area is 92.5 Å². The Hall–Kier alpha value is -1.83. The van der Waals surface area contributed by atoms with Crippen LogP contribution >= 0.6 is 0 Å². The largest absolute Gasteiger partial charge is 0.480 e. The zero-order chi connectivity index (χ0) is 12.6. The lowest BCUT2D eigenvalue weighted by molar-refractivity contribution is -0.140. The molecular formula is C8H15N3O5. The Balaban J connectivity index is 3.66. The second-order valence-corrected chi connectivity index (χ2v) is 2.94. The summed E-state index contributed by atoms with van der Waals surface area (Å²) in [6, 6.07) is -0.576. The van der Waals surface area contributed by atoms with Crippen molar-refractivity contribution >= 4 is 18.0 Å². The molecule has 0 fully saturated rings. The molecule has 0 heterocycles. The van der Waals surface area contributed by atoms with Gasteiger partial charge < -0.3 is 15.2 Å². The summed E-state index contributed by atoms with van der Waals surface area (Å²) >= 11 is 0. The number of urea groups is 1. The van der Waals surface area contributed by atoms with Crippen LogP contribution in [0.1, 0.15) is 6.42 Å². The molecule has 3 N–H and O–H groups in total. The van der Waals surface area contributed by atoms with Crippen molar-refractivity contribution in [3.8, 4) is 0 Å². The highest BCUT2D eigenvalue weighted by atomic mass is 16.5. The molecule has 0 saturated carbocycles. The van der Waals surface area contributed by atoms with Crippen molar-refractivity contribution in [2.75, 3.05) is 27.2 Å². The van der Waals surface area contributed by atoms with Crippen molar-refractivity contribution in [2.45, 2.75) is 6.42 Å². The molecule has 0 saturated heterocycles. The van der Waals surface area contributed by atoms with Crippen LogP contribution in [-0.2, 0) is 14.3 Å². The molecule has 0 aromatic carbocycles. The number of methoxy groups -OCH3 is 1. The van der Waals surface area contributed by atoms with Crippen LogP contribution in [0.4, 0.5) is 4.79 Å². The maximum atomic E-state index is 11.1. The van der Waals surface area contributed by atoms with Crippen molar-refractivity contribution in [3.63, 3.8) is 0 Å². The van der Waals surface area contributed by atoms with E-state index >= 15 is 0 Å². The van der Waals surface area contributed by atoms with E-state index in [1.54, 1.807) is 0 Å². The van der Waals surface area contributed by atoms with Crippen LogP contribution in [0.5, 0.6) is 0 Å². The van der Waals surface area contributed by atoms with Crippen molar-refractivity contribution < 1.29 is 24.2 Å². The summed E-state index contributed by atoms with van der Waals surface area (Å²) in [6.45, 7) is -0.191. The number of aliphatic carboxylic acids is 1. The zero-order valence-electron chi connectivity index (χ0n) is 9.15. The Morgan fingerprint density at radius 3 is 2.50 bits per heavy atom. The summed E-state index contributed by atoms with van der Waals surface area (Å²) in [5.74, 6) is -1.49. The first-order chi connectivity index (χ1) is 7.45. The van der Waals surface area contributed by atoms with Crippen molar-refractivity contribution in [1.82, 2.24) is 15.8 Å². The number of carboxylic acids is 1. The number of esters is 1. The monoisotopic (exact) mass is 233 g/mol. The summed E-state index contributed by atoms with van der Waals surface area (Å²) in [5.41, 5.74) is 2.25. The third-order valence-electron chi connectivity index (χ3n) is 1.51. The first-order valence-electron chi connectivity index (χ1n) is 4.50. The number of likely N-dealkylation sites (N-methyl/N-ethyl adjacent to an activating group) is 1. The molecule has 0 aromatic heterocycles. The fraction of sp³-hybridized carbons (Fsp3) is 0.625. The van der Waals surface area contributed by atoms with Crippen LogP contribution < -0.4 is 10.7 Å². The first kappa shape index (κ1) is 14.2. The highest BCUT2D eigenvalue weighted by molar-refractivity contribution is 5.75. The van der Waals surface area contributed by atoms with E-state index < -0.39 is 18.0 Å². The molecule has 0 aromatic rings. The molecule has 0 unspecified atom stereocenters. The molecule has 8 nitrogen and oxygen atoms in total. The van der Waals surface area contributed by atoms with Gasteiger partial charge in [0.25, 0.3) is 0 Å². The van der Waals surface area contributed by atoms with E-state index in [1.807, 2.05) is 0 Å². The van der Waals surface area contributed by atoms with Gasteiger partial charge in [0.15, 0.2) is 0 Å². The fourth-order valence-electron chi connectivity index (χ4n) is 0.835. The average molecular weight is 233 g/mol. The van der Waals surface area contributed by atoms with Gasteiger partial charge in [0.05, 0.1) is 13.5 Å². The molecule has 0 spiro atoms. The highest BCUT2D eigenvalue weighted by Crippen LogP contribution is 1.82. The predicted molar refractivity (Wildman–Crippen MR) is 53.4 cm³/mol. The van der Waals surface area contributed by atoms with Crippen LogP contribution in [0.3, 0.4) is 0 Å². The molecular weight excluding hydrogens is 218 g/mol. The Morgan fingerprint density at radius 1 is 1.38 bits per heavy atom. The smallest absolute Gasteiger partial charge is 0.329 e. The predicted octanol–water partition coefficient (Wildman–Crippen LogP) is -1.22. The Morgan fingerprint density at radius 2 is 2.00 bits per heavy atom. The minimum Gasteiger partial charge on any atom is -0.480 e. The number of rotatable bonds is 6. The molecule has 0 bridgehead atoms. The fourth-order valence-corrected chi connectivity index (χ4v) is 0.835.